The number of nitrogens with one attached hydrogen (secondary N) is 1. The summed E-state index contributed by atoms with van der Waals surface area (Å²) < 4.78 is 5.58. The van der Waals surface area contributed by atoms with Crippen molar-refractivity contribution in [2.45, 2.75) is 25.8 Å². The van der Waals surface area contributed by atoms with Crippen LogP contribution in [0.25, 0.3) is 0 Å². The molecule has 1 aliphatic heterocycles. The smallest absolute Gasteiger partial charge is 0.244 e. The second-order valence-electron chi connectivity index (χ2n) is 5.46. The van der Waals surface area contributed by atoms with Crippen LogP contribution in [0.2, 0.25) is 0 Å². The molecule has 5 heteroatoms. The highest BCUT2D eigenvalue weighted by Gasteiger charge is 2.31. The van der Waals surface area contributed by atoms with Gasteiger partial charge in [0.2, 0.25) is 11.8 Å². The van der Waals surface area contributed by atoms with Crippen LogP contribution in [0.3, 0.4) is 0 Å². The van der Waals surface area contributed by atoms with Crippen LogP contribution in [-0.2, 0) is 9.59 Å². The third-order valence-corrected chi connectivity index (χ3v) is 3.75. The number of benzene rings is 1. The van der Waals surface area contributed by atoms with Crippen molar-refractivity contribution in [1.82, 2.24) is 10.2 Å². The molecule has 1 aliphatic rings. The number of likely N-dealkylation sites (N-methyl/N-ethyl adjacent to an activating group) is 1. The molecule has 21 heavy (non-hydrogen) atoms. The van der Waals surface area contributed by atoms with Crippen LogP contribution in [-0.4, -0.2) is 43.0 Å². The molecule has 0 bridgehead atoms. The summed E-state index contributed by atoms with van der Waals surface area (Å²) in [6.07, 6.45) is 1.31. The summed E-state index contributed by atoms with van der Waals surface area (Å²) in [6.45, 7) is 3.04. The molecular weight excluding hydrogens is 268 g/mol. The summed E-state index contributed by atoms with van der Waals surface area (Å²) in [5.41, 5.74) is 0. The molecule has 1 heterocycles. The molecule has 1 aromatic rings. The first-order valence-corrected chi connectivity index (χ1v) is 7.31. The molecule has 1 fully saturated rings. The van der Waals surface area contributed by atoms with Gasteiger partial charge in [-0.25, -0.2) is 0 Å². The van der Waals surface area contributed by atoms with E-state index < -0.39 is 0 Å². The summed E-state index contributed by atoms with van der Waals surface area (Å²) in [7, 11) is 1.76. The number of ether oxygens (including phenoxy) is 1. The van der Waals surface area contributed by atoms with Gasteiger partial charge in [-0.15, -0.1) is 0 Å². The molecule has 114 valence electrons. The maximum absolute atomic E-state index is 12.1. The second-order valence-corrected chi connectivity index (χ2v) is 5.46. The fourth-order valence-corrected chi connectivity index (χ4v) is 2.27. The van der Waals surface area contributed by atoms with Gasteiger partial charge in [0, 0.05) is 19.5 Å². The Morgan fingerprint density at radius 3 is 2.76 bits per heavy atom. The Morgan fingerprint density at radius 1 is 1.43 bits per heavy atom. The third kappa shape index (κ3) is 4.21. The number of nitrogens with zero attached hydrogens (tertiary/aromatic N) is 1. The van der Waals surface area contributed by atoms with Gasteiger partial charge in [-0.05, 0) is 25.0 Å². The quantitative estimate of drug-likeness (QED) is 0.862. The summed E-state index contributed by atoms with van der Waals surface area (Å²) in [6, 6.07) is 9.16. The van der Waals surface area contributed by atoms with Gasteiger partial charge in [0.15, 0.2) is 0 Å². The van der Waals surface area contributed by atoms with E-state index in [9.17, 15) is 9.59 Å². The van der Waals surface area contributed by atoms with Gasteiger partial charge >= 0.3 is 0 Å². The van der Waals surface area contributed by atoms with Crippen molar-refractivity contribution in [3.05, 3.63) is 30.3 Å². The highest BCUT2D eigenvalue weighted by molar-refractivity contribution is 5.89. The summed E-state index contributed by atoms with van der Waals surface area (Å²) in [4.78, 5) is 25.5. The highest BCUT2D eigenvalue weighted by atomic mass is 16.5. The highest BCUT2D eigenvalue weighted by Crippen LogP contribution is 2.12. The number of hydrogen-bond donors (Lipinski definition) is 1. The topological polar surface area (TPSA) is 58.6 Å². The van der Waals surface area contributed by atoms with Crippen LogP contribution in [0, 0.1) is 5.92 Å². The largest absolute Gasteiger partial charge is 0.494 e. The van der Waals surface area contributed by atoms with E-state index in [1.54, 1.807) is 11.9 Å². The van der Waals surface area contributed by atoms with Gasteiger partial charge in [0.05, 0.1) is 6.61 Å². The molecule has 0 radical (unpaired) electrons. The van der Waals surface area contributed by atoms with Gasteiger partial charge in [-0.2, -0.15) is 0 Å². The fraction of sp³-hybridized carbons (Fsp3) is 0.500. The Bertz CT molecular complexity index is 490. The number of carbonyl (C=O) groups is 2. The van der Waals surface area contributed by atoms with Gasteiger partial charge in [-0.3, -0.25) is 9.59 Å². The molecule has 0 aliphatic carbocycles. The number of likely N-dealkylation sites (tertiary alicyclic amines) is 1. The average Bonchev–Trinajstić information content (AvgIpc) is 2.80. The standard InChI is InChI=1S/C16H22N2O3/c1-12(9-11-21-13-6-4-3-5-7-13)15(19)17-14-8-10-18(2)16(14)20/h3-7,12,14H,8-11H2,1-2H3,(H,17,19)/t12-,14-/m1/s1. The lowest BCUT2D eigenvalue weighted by Crippen LogP contribution is -2.43. The molecule has 2 rings (SSSR count). The minimum atomic E-state index is -0.361. The van der Waals surface area contributed by atoms with Crippen molar-refractivity contribution in [3.63, 3.8) is 0 Å². The minimum absolute atomic E-state index is 0.00362. The fourth-order valence-electron chi connectivity index (χ4n) is 2.27. The molecular formula is C16H22N2O3. The lowest BCUT2D eigenvalue weighted by Gasteiger charge is -2.16. The molecule has 1 N–H and O–H groups in total. The first-order valence-electron chi connectivity index (χ1n) is 7.31. The predicted octanol–water partition coefficient (Wildman–Crippen LogP) is 1.44. The molecule has 2 amide bonds. The number of rotatable bonds is 6. The van der Waals surface area contributed by atoms with Crippen LogP contribution in [0.15, 0.2) is 30.3 Å². The number of carbonyl (C=O) groups excluding carboxylic acids is 2. The molecule has 0 spiro atoms. The lowest BCUT2D eigenvalue weighted by atomic mass is 10.1. The van der Waals surface area contributed by atoms with Crippen molar-refractivity contribution in [3.8, 4) is 5.75 Å². The van der Waals surface area contributed by atoms with Crippen LogP contribution in [0.4, 0.5) is 0 Å². The third-order valence-electron chi connectivity index (χ3n) is 3.75. The molecule has 0 unspecified atom stereocenters. The van der Waals surface area contributed by atoms with Crippen LogP contribution in [0.5, 0.6) is 5.75 Å². The van der Waals surface area contributed by atoms with Crippen molar-refractivity contribution < 1.29 is 14.3 Å². The van der Waals surface area contributed by atoms with Crippen molar-refractivity contribution in [2.24, 2.45) is 5.92 Å². The van der Waals surface area contributed by atoms with Gasteiger partial charge in [-0.1, -0.05) is 25.1 Å². The maximum atomic E-state index is 12.1. The first kappa shape index (κ1) is 15.4. The molecule has 1 aromatic carbocycles. The van der Waals surface area contributed by atoms with E-state index in [0.717, 1.165) is 5.75 Å². The summed E-state index contributed by atoms with van der Waals surface area (Å²) in [5.74, 6) is 0.543. The predicted molar refractivity (Wildman–Crippen MR) is 79.9 cm³/mol. The molecule has 0 saturated carbocycles. The SMILES string of the molecule is C[C@H](CCOc1ccccc1)C(=O)N[C@@H]1CCN(C)C1=O. The zero-order chi connectivity index (χ0) is 15.2. The van der Waals surface area contributed by atoms with Crippen molar-refractivity contribution in [2.75, 3.05) is 20.2 Å². The van der Waals surface area contributed by atoms with Gasteiger partial charge < -0.3 is 15.0 Å². The van der Waals surface area contributed by atoms with Crippen molar-refractivity contribution >= 4 is 11.8 Å². The Labute approximate surface area is 125 Å². The summed E-state index contributed by atoms with van der Waals surface area (Å²) in [5, 5.41) is 2.82. The zero-order valence-electron chi connectivity index (χ0n) is 12.5. The second kappa shape index (κ2) is 7.11. The maximum Gasteiger partial charge on any atom is 0.244 e. The Morgan fingerprint density at radius 2 is 2.14 bits per heavy atom. The van der Waals surface area contributed by atoms with E-state index in [1.165, 1.54) is 0 Å². The van der Waals surface area contributed by atoms with E-state index in [4.69, 9.17) is 4.74 Å². The normalized spacial score (nSPS) is 19.4. The van der Waals surface area contributed by atoms with Crippen LogP contribution < -0.4 is 10.1 Å². The monoisotopic (exact) mass is 290 g/mol. The molecule has 2 atom stereocenters. The Hall–Kier alpha value is -2.04. The lowest BCUT2D eigenvalue weighted by molar-refractivity contribution is -0.133. The van der Waals surface area contributed by atoms with E-state index in [-0.39, 0.29) is 23.8 Å². The first-order chi connectivity index (χ1) is 10.1. The zero-order valence-corrected chi connectivity index (χ0v) is 12.5. The summed E-state index contributed by atoms with van der Waals surface area (Å²) >= 11 is 0. The van der Waals surface area contributed by atoms with E-state index in [2.05, 4.69) is 5.32 Å². The van der Waals surface area contributed by atoms with E-state index >= 15 is 0 Å². The minimum Gasteiger partial charge on any atom is -0.494 e. The van der Waals surface area contributed by atoms with Gasteiger partial charge in [0.25, 0.3) is 0 Å². The number of para-hydroxylation sites is 1. The van der Waals surface area contributed by atoms with Crippen LogP contribution >= 0.6 is 0 Å². The Balaban J connectivity index is 1.71. The van der Waals surface area contributed by atoms with Gasteiger partial charge in [0.1, 0.15) is 11.8 Å². The molecule has 0 aromatic heterocycles. The number of amides is 2. The van der Waals surface area contributed by atoms with Crippen molar-refractivity contribution in [1.29, 1.82) is 0 Å². The Kier molecular flexibility index (Phi) is 5.20. The average molecular weight is 290 g/mol. The number of hydrogen-bond acceptors (Lipinski definition) is 3. The van der Waals surface area contributed by atoms with Crippen LogP contribution in [0.1, 0.15) is 19.8 Å². The molecule has 5 nitrogen and oxygen atoms in total. The van der Waals surface area contributed by atoms with E-state index in [0.29, 0.717) is 26.0 Å². The molecule has 1 saturated heterocycles. The van der Waals surface area contributed by atoms with E-state index in [1.807, 2.05) is 37.3 Å².